The van der Waals surface area contributed by atoms with Crippen LogP contribution in [0.2, 0.25) is 0 Å². The Morgan fingerprint density at radius 1 is 1.13 bits per heavy atom. The molecule has 0 aliphatic rings. The highest BCUT2D eigenvalue weighted by Gasteiger charge is 2.18. The average Bonchev–Trinajstić information content (AvgIpc) is 2.92. The number of nitrogens with zero attached hydrogens (tertiary/aromatic N) is 1. The van der Waals surface area contributed by atoms with Gasteiger partial charge in [0.15, 0.2) is 0 Å². The molecule has 0 bridgehead atoms. The molecule has 0 saturated heterocycles. The van der Waals surface area contributed by atoms with Gasteiger partial charge in [-0.25, -0.2) is 0 Å². The quantitative estimate of drug-likeness (QED) is 0.707. The van der Waals surface area contributed by atoms with Crippen LogP contribution in [0.4, 0.5) is 0 Å². The van der Waals surface area contributed by atoms with Gasteiger partial charge in [-0.2, -0.15) is 0 Å². The van der Waals surface area contributed by atoms with Crippen molar-refractivity contribution in [3.05, 3.63) is 71.0 Å². The number of rotatable bonds is 4. The van der Waals surface area contributed by atoms with E-state index in [0.29, 0.717) is 6.54 Å². The Morgan fingerprint density at radius 3 is 2.65 bits per heavy atom. The summed E-state index contributed by atoms with van der Waals surface area (Å²) in [5.41, 5.74) is 3.80. The Balaban J connectivity index is 1.91. The molecule has 3 rings (SSSR count). The lowest BCUT2D eigenvalue weighted by molar-refractivity contribution is 0.0785. The molecule has 118 valence electrons. The Hall–Kier alpha value is -2.55. The van der Waals surface area contributed by atoms with E-state index in [0.717, 1.165) is 39.8 Å². The lowest BCUT2D eigenvalue weighted by Gasteiger charge is -2.17. The van der Waals surface area contributed by atoms with Crippen molar-refractivity contribution in [3.63, 3.8) is 0 Å². The molecule has 1 aromatic heterocycles. The molecule has 0 spiro atoms. The molecular formula is C20H21NO2. The molecular weight excluding hydrogens is 286 g/mol. The van der Waals surface area contributed by atoms with E-state index in [9.17, 15) is 4.79 Å². The average molecular weight is 307 g/mol. The molecule has 0 unspecified atom stereocenters. The first-order valence-electron chi connectivity index (χ1n) is 7.91. The fourth-order valence-electron chi connectivity index (χ4n) is 2.92. The van der Waals surface area contributed by atoms with Crippen LogP contribution in [-0.4, -0.2) is 17.9 Å². The molecule has 0 aliphatic heterocycles. The lowest BCUT2D eigenvalue weighted by atomic mass is 10.1. The van der Waals surface area contributed by atoms with Crippen LogP contribution in [0.15, 0.2) is 52.9 Å². The number of furan rings is 1. The highest BCUT2D eigenvalue weighted by Crippen LogP contribution is 2.27. The van der Waals surface area contributed by atoms with Crippen molar-refractivity contribution >= 4 is 16.9 Å². The third-order valence-corrected chi connectivity index (χ3v) is 4.11. The molecule has 0 fully saturated rings. The minimum atomic E-state index is 0.0287. The predicted octanol–water partition coefficient (Wildman–Crippen LogP) is 4.58. The van der Waals surface area contributed by atoms with Crippen molar-refractivity contribution in [3.8, 4) is 0 Å². The standard InChI is InChI=1S/C20H21NO2/c1-4-18-17(16-10-5-6-11-19(16)23-18)13-21(3)20(22)15-9-7-8-14(2)12-15/h5-12H,4,13H2,1-3H3. The van der Waals surface area contributed by atoms with Crippen molar-refractivity contribution in [1.29, 1.82) is 0 Å². The number of benzene rings is 2. The summed E-state index contributed by atoms with van der Waals surface area (Å²) in [5.74, 6) is 0.983. The summed E-state index contributed by atoms with van der Waals surface area (Å²) in [6.07, 6.45) is 0.816. The van der Waals surface area contributed by atoms with E-state index in [-0.39, 0.29) is 5.91 Å². The monoisotopic (exact) mass is 307 g/mol. The van der Waals surface area contributed by atoms with Crippen LogP contribution in [0.3, 0.4) is 0 Å². The molecule has 1 heterocycles. The number of carbonyl (C=O) groups is 1. The van der Waals surface area contributed by atoms with Gasteiger partial charge < -0.3 is 9.32 Å². The summed E-state index contributed by atoms with van der Waals surface area (Å²) in [5, 5.41) is 1.09. The fourth-order valence-corrected chi connectivity index (χ4v) is 2.92. The van der Waals surface area contributed by atoms with Crippen LogP contribution >= 0.6 is 0 Å². The topological polar surface area (TPSA) is 33.5 Å². The Kier molecular flexibility index (Phi) is 4.20. The van der Waals surface area contributed by atoms with E-state index in [4.69, 9.17) is 4.42 Å². The van der Waals surface area contributed by atoms with E-state index in [1.807, 2.05) is 56.4 Å². The van der Waals surface area contributed by atoms with Gasteiger partial charge in [-0.05, 0) is 25.1 Å². The van der Waals surface area contributed by atoms with E-state index in [1.54, 1.807) is 4.90 Å². The van der Waals surface area contributed by atoms with E-state index in [2.05, 4.69) is 13.0 Å². The second-order valence-electron chi connectivity index (χ2n) is 5.88. The van der Waals surface area contributed by atoms with E-state index >= 15 is 0 Å². The smallest absolute Gasteiger partial charge is 0.253 e. The molecule has 3 heteroatoms. The highest BCUT2D eigenvalue weighted by atomic mass is 16.3. The molecule has 2 aromatic carbocycles. The van der Waals surface area contributed by atoms with Gasteiger partial charge in [-0.1, -0.05) is 42.8 Å². The predicted molar refractivity (Wildman–Crippen MR) is 92.6 cm³/mol. The second kappa shape index (κ2) is 6.29. The number of para-hydroxylation sites is 1. The first-order chi connectivity index (χ1) is 11.1. The van der Waals surface area contributed by atoms with Crippen LogP contribution in [0.25, 0.3) is 11.0 Å². The molecule has 0 radical (unpaired) electrons. The summed E-state index contributed by atoms with van der Waals surface area (Å²) in [7, 11) is 1.84. The molecule has 1 amide bonds. The molecule has 0 aliphatic carbocycles. The van der Waals surface area contributed by atoms with Gasteiger partial charge in [0.1, 0.15) is 11.3 Å². The van der Waals surface area contributed by atoms with Crippen LogP contribution in [-0.2, 0) is 13.0 Å². The fraction of sp³-hybridized carbons (Fsp3) is 0.250. The lowest BCUT2D eigenvalue weighted by Crippen LogP contribution is -2.26. The molecule has 0 atom stereocenters. The van der Waals surface area contributed by atoms with Gasteiger partial charge in [0, 0.05) is 36.5 Å². The zero-order chi connectivity index (χ0) is 16.4. The number of hydrogen-bond donors (Lipinski definition) is 0. The summed E-state index contributed by atoms with van der Waals surface area (Å²) in [6.45, 7) is 4.62. The third-order valence-electron chi connectivity index (χ3n) is 4.11. The Labute approximate surface area is 136 Å². The second-order valence-corrected chi connectivity index (χ2v) is 5.88. The minimum Gasteiger partial charge on any atom is -0.461 e. The van der Waals surface area contributed by atoms with Gasteiger partial charge in [0.2, 0.25) is 0 Å². The van der Waals surface area contributed by atoms with Crippen molar-refractivity contribution < 1.29 is 9.21 Å². The van der Waals surface area contributed by atoms with Crippen molar-refractivity contribution in [2.24, 2.45) is 0 Å². The number of carbonyl (C=O) groups excluding carboxylic acids is 1. The maximum Gasteiger partial charge on any atom is 0.253 e. The molecule has 3 aromatic rings. The summed E-state index contributed by atoms with van der Waals surface area (Å²) in [4.78, 5) is 14.4. The first-order valence-corrected chi connectivity index (χ1v) is 7.91. The Bertz CT molecular complexity index is 848. The number of aryl methyl sites for hydroxylation is 2. The van der Waals surface area contributed by atoms with Gasteiger partial charge >= 0.3 is 0 Å². The summed E-state index contributed by atoms with van der Waals surface area (Å²) < 4.78 is 5.92. The number of fused-ring (bicyclic) bond motifs is 1. The van der Waals surface area contributed by atoms with E-state index < -0.39 is 0 Å². The Morgan fingerprint density at radius 2 is 1.91 bits per heavy atom. The minimum absolute atomic E-state index is 0.0287. The van der Waals surface area contributed by atoms with Crippen molar-refractivity contribution in [2.45, 2.75) is 26.8 Å². The van der Waals surface area contributed by atoms with Gasteiger partial charge in [0.25, 0.3) is 5.91 Å². The van der Waals surface area contributed by atoms with Crippen LogP contribution < -0.4 is 0 Å². The van der Waals surface area contributed by atoms with Crippen LogP contribution in [0.5, 0.6) is 0 Å². The van der Waals surface area contributed by atoms with Crippen LogP contribution in [0, 0.1) is 6.92 Å². The van der Waals surface area contributed by atoms with Gasteiger partial charge in [-0.3, -0.25) is 4.79 Å². The summed E-state index contributed by atoms with van der Waals surface area (Å²) >= 11 is 0. The van der Waals surface area contributed by atoms with Gasteiger partial charge in [-0.15, -0.1) is 0 Å². The molecule has 0 N–H and O–H groups in total. The van der Waals surface area contributed by atoms with Crippen LogP contribution in [0.1, 0.15) is 34.2 Å². The third kappa shape index (κ3) is 3.00. The molecule has 0 saturated carbocycles. The number of amides is 1. The largest absolute Gasteiger partial charge is 0.461 e. The molecule has 23 heavy (non-hydrogen) atoms. The van der Waals surface area contributed by atoms with E-state index in [1.165, 1.54) is 0 Å². The zero-order valence-electron chi connectivity index (χ0n) is 13.8. The highest BCUT2D eigenvalue weighted by molar-refractivity contribution is 5.94. The van der Waals surface area contributed by atoms with Crippen molar-refractivity contribution in [1.82, 2.24) is 4.90 Å². The van der Waals surface area contributed by atoms with Crippen molar-refractivity contribution in [2.75, 3.05) is 7.05 Å². The maximum absolute atomic E-state index is 12.7. The maximum atomic E-state index is 12.7. The zero-order valence-corrected chi connectivity index (χ0v) is 13.8. The number of hydrogen-bond acceptors (Lipinski definition) is 2. The first kappa shape index (κ1) is 15.3. The SMILES string of the molecule is CCc1oc2ccccc2c1CN(C)C(=O)c1cccc(C)c1. The van der Waals surface area contributed by atoms with Gasteiger partial charge in [0.05, 0.1) is 0 Å². The summed E-state index contributed by atoms with van der Waals surface area (Å²) in [6, 6.07) is 15.7. The normalized spacial score (nSPS) is 10.9. The molecule has 3 nitrogen and oxygen atoms in total.